The van der Waals surface area contributed by atoms with Gasteiger partial charge in [0.2, 0.25) is 0 Å². The molecule has 0 heterocycles. The summed E-state index contributed by atoms with van der Waals surface area (Å²) in [6.45, 7) is 7.25. The predicted octanol–water partition coefficient (Wildman–Crippen LogP) is 2.23. The second-order valence-electron chi connectivity index (χ2n) is 6.19. The van der Waals surface area contributed by atoms with Crippen molar-refractivity contribution >= 4 is 17.3 Å². The number of likely N-dealkylation sites (N-methyl/N-ethyl adjacent to an activating group) is 1. The van der Waals surface area contributed by atoms with Crippen molar-refractivity contribution in [1.82, 2.24) is 15.1 Å². The molecule has 0 saturated carbocycles. The van der Waals surface area contributed by atoms with Crippen LogP contribution >= 0.6 is 12.2 Å². The first-order chi connectivity index (χ1) is 11.9. The first kappa shape index (κ1) is 21.3. The maximum Gasteiger partial charge on any atom is 0.169 e. The Morgan fingerprint density at radius 2 is 1.80 bits per heavy atom. The van der Waals surface area contributed by atoms with E-state index >= 15 is 0 Å². The fourth-order valence-electron chi connectivity index (χ4n) is 2.25. The molecule has 1 aromatic carbocycles. The van der Waals surface area contributed by atoms with E-state index in [1.807, 2.05) is 32.3 Å². The van der Waals surface area contributed by atoms with Crippen LogP contribution in [0.5, 0.6) is 17.2 Å². The van der Waals surface area contributed by atoms with E-state index in [-0.39, 0.29) is 0 Å². The van der Waals surface area contributed by atoms with Gasteiger partial charge in [-0.15, -0.1) is 0 Å². The van der Waals surface area contributed by atoms with E-state index in [1.165, 1.54) is 0 Å². The van der Waals surface area contributed by atoms with E-state index in [0.717, 1.165) is 24.0 Å². The lowest BCUT2D eigenvalue weighted by Gasteiger charge is -2.30. The van der Waals surface area contributed by atoms with Gasteiger partial charge >= 0.3 is 0 Å². The second kappa shape index (κ2) is 11.0. The number of hydrogen-bond acceptors (Lipinski definition) is 5. The lowest BCUT2D eigenvalue weighted by molar-refractivity contribution is 0.243. The summed E-state index contributed by atoms with van der Waals surface area (Å²) in [6, 6.07) is 5.83. The van der Waals surface area contributed by atoms with Crippen LogP contribution in [0.4, 0.5) is 0 Å². The Bertz CT molecular complexity index is 538. The van der Waals surface area contributed by atoms with E-state index in [1.54, 1.807) is 14.2 Å². The molecule has 0 spiro atoms. The number of methoxy groups -OCH3 is 2. The maximum absolute atomic E-state index is 5.85. The van der Waals surface area contributed by atoms with Crippen LogP contribution in [0.15, 0.2) is 18.2 Å². The van der Waals surface area contributed by atoms with Crippen molar-refractivity contribution in [1.29, 1.82) is 0 Å². The molecule has 1 rings (SSSR count). The van der Waals surface area contributed by atoms with Crippen LogP contribution in [0.3, 0.4) is 0 Å². The van der Waals surface area contributed by atoms with Gasteiger partial charge in [0, 0.05) is 25.2 Å². The largest absolute Gasteiger partial charge is 0.493 e. The highest BCUT2D eigenvalue weighted by molar-refractivity contribution is 7.80. The fourth-order valence-corrected chi connectivity index (χ4v) is 2.65. The van der Waals surface area contributed by atoms with Crippen molar-refractivity contribution in [3.63, 3.8) is 0 Å². The minimum Gasteiger partial charge on any atom is -0.493 e. The van der Waals surface area contributed by atoms with Gasteiger partial charge in [-0.05, 0) is 52.3 Å². The van der Waals surface area contributed by atoms with E-state index in [9.17, 15) is 0 Å². The molecule has 6 nitrogen and oxygen atoms in total. The summed E-state index contributed by atoms with van der Waals surface area (Å²) in [5.74, 6) is 2.08. The zero-order chi connectivity index (χ0) is 18.8. The van der Waals surface area contributed by atoms with Gasteiger partial charge in [0.15, 0.2) is 16.6 Å². The van der Waals surface area contributed by atoms with E-state index in [2.05, 4.69) is 29.0 Å². The van der Waals surface area contributed by atoms with Crippen LogP contribution < -0.4 is 19.5 Å². The Hall–Kier alpha value is -1.73. The minimum absolute atomic E-state index is 0.299. The molecule has 0 aliphatic carbocycles. The number of thiocarbonyl (C=S) groups is 1. The van der Waals surface area contributed by atoms with Crippen LogP contribution in [0, 0.1) is 0 Å². The molecule has 0 saturated heterocycles. The summed E-state index contributed by atoms with van der Waals surface area (Å²) in [5, 5.41) is 4.06. The van der Waals surface area contributed by atoms with Gasteiger partial charge in [0.05, 0.1) is 20.8 Å². The highest BCUT2D eigenvalue weighted by Gasteiger charge is 2.13. The molecule has 1 N–H and O–H groups in total. The van der Waals surface area contributed by atoms with Gasteiger partial charge in [-0.2, -0.15) is 0 Å². The molecule has 0 aromatic heterocycles. The number of hydrogen-bond donors (Lipinski definition) is 1. The monoisotopic (exact) mass is 369 g/mol. The summed E-state index contributed by atoms with van der Waals surface area (Å²) in [5.41, 5.74) is 0. The maximum atomic E-state index is 5.85. The first-order valence-corrected chi connectivity index (χ1v) is 8.83. The number of nitrogens with zero attached hydrogens (tertiary/aromatic N) is 2. The third-order valence-corrected chi connectivity index (χ3v) is 4.05. The lowest BCUT2D eigenvalue weighted by atomic mass is 10.3. The molecular formula is C18H31N3O3S. The van der Waals surface area contributed by atoms with Gasteiger partial charge in [-0.1, -0.05) is 0 Å². The van der Waals surface area contributed by atoms with Crippen molar-refractivity contribution in [3.8, 4) is 17.2 Å². The van der Waals surface area contributed by atoms with Gasteiger partial charge in [0.1, 0.15) is 12.4 Å². The predicted molar refractivity (Wildman–Crippen MR) is 106 cm³/mol. The molecule has 0 amide bonds. The summed E-state index contributed by atoms with van der Waals surface area (Å²) in [7, 11) is 7.31. The standard InChI is InChI=1S/C18H31N3O3S/c1-14(2)21(18(25)19-9-10-20(3)4)11-12-24-15-7-8-16(22-5)17(13-15)23-6/h7-8,13-14H,9-12H2,1-6H3,(H,19,25). The third kappa shape index (κ3) is 7.36. The van der Waals surface area contributed by atoms with Crippen LogP contribution in [0.2, 0.25) is 0 Å². The van der Waals surface area contributed by atoms with Gasteiger partial charge in [-0.25, -0.2) is 0 Å². The number of nitrogens with one attached hydrogen (secondary N) is 1. The summed E-state index contributed by atoms with van der Waals surface area (Å²) in [6.07, 6.45) is 0. The van der Waals surface area contributed by atoms with Crippen molar-refractivity contribution in [2.45, 2.75) is 19.9 Å². The Morgan fingerprint density at radius 1 is 1.12 bits per heavy atom. The Balaban J connectivity index is 2.53. The molecule has 0 aliphatic heterocycles. The summed E-state index contributed by atoms with van der Waals surface area (Å²) >= 11 is 5.51. The molecule has 0 atom stereocenters. The van der Waals surface area contributed by atoms with Crippen LogP contribution in [0.25, 0.3) is 0 Å². The highest BCUT2D eigenvalue weighted by Crippen LogP contribution is 2.30. The first-order valence-electron chi connectivity index (χ1n) is 8.43. The average Bonchev–Trinajstić information content (AvgIpc) is 2.57. The molecule has 25 heavy (non-hydrogen) atoms. The Morgan fingerprint density at radius 3 is 2.36 bits per heavy atom. The number of benzene rings is 1. The lowest BCUT2D eigenvalue weighted by Crippen LogP contribution is -2.47. The van der Waals surface area contributed by atoms with Crippen molar-refractivity contribution < 1.29 is 14.2 Å². The average molecular weight is 370 g/mol. The molecule has 0 unspecified atom stereocenters. The quantitative estimate of drug-likeness (QED) is 0.635. The molecule has 1 aromatic rings. The summed E-state index contributed by atoms with van der Waals surface area (Å²) < 4.78 is 16.4. The number of rotatable bonds is 10. The van der Waals surface area contributed by atoms with Crippen LogP contribution in [-0.4, -0.2) is 75.5 Å². The molecule has 0 aliphatic rings. The third-order valence-electron chi connectivity index (χ3n) is 3.68. The minimum atomic E-state index is 0.299. The summed E-state index contributed by atoms with van der Waals surface area (Å²) in [4.78, 5) is 4.25. The van der Waals surface area contributed by atoms with Gasteiger partial charge in [-0.3, -0.25) is 0 Å². The molecular weight excluding hydrogens is 338 g/mol. The van der Waals surface area contributed by atoms with Crippen molar-refractivity contribution in [3.05, 3.63) is 18.2 Å². The van der Waals surface area contributed by atoms with Crippen LogP contribution in [0.1, 0.15) is 13.8 Å². The number of ether oxygens (including phenoxy) is 3. The van der Waals surface area contributed by atoms with Crippen molar-refractivity contribution in [2.75, 3.05) is 54.6 Å². The Kier molecular flexibility index (Phi) is 9.37. The molecule has 7 heteroatoms. The Labute approximate surface area is 157 Å². The normalized spacial score (nSPS) is 10.7. The van der Waals surface area contributed by atoms with Gasteiger partial charge < -0.3 is 29.3 Å². The van der Waals surface area contributed by atoms with Crippen LogP contribution in [-0.2, 0) is 0 Å². The molecule has 0 fully saturated rings. The zero-order valence-electron chi connectivity index (χ0n) is 16.2. The van der Waals surface area contributed by atoms with E-state index in [0.29, 0.717) is 30.7 Å². The zero-order valence-corrected chi connectivity index (χ0v) is 17.0. The van der Waals surface area contributed by atoms with E-state index < -0.39 is 0 Å². The second-order valence-corrected chi connectivity index (χ2v) is 6.57. The molecule has 142 valence electrons. The fraction of sp³-hybridized carbons (Fsp3) is 0.611. The molecule has 0 radical (unpaired) electrons. The van der Waals surface area contributed by atoms with Gasteiger partial charge in [0.25, 0.3) is 0 Å². The van der Waals surface area contributed by atoms with Crippen molar-refractivity contribution in [2.24, 2.45) is 0 Å². The van der Waals surface area contributed by atoms with E-state index in [4.69, 9.17) is 26.4 Å². The SMILES string of the molecule is COc1ccc(OCCN(C(=S)NCCN(C)C)C(C)C)cc1OC. The highest BCUT2D eigenvalue weighted by atomic mass is 32.1. The topological polar surface area (TPSA) is 46.2 Å². The smallest absolute Gasteiger partial charge is 0.169 e. The molecule has 0 bridgehead atoms.